The molecule has 2 aromatic rings. The topological polar surface area (TPSA) is 85.4 Å². The maximum absolute atomic E-state index is 14.3. The Hall–Kier alpha value is -3.91. The molecule has 8 heteroatoms. The molecule has 194 valence electrons. The minimum Gasteiger partial charge on any atom is -0.469 e. The molecule has 1 unspecified atom stereocenters. The van der Waals surface area contributed by atoms with Crippen molar-refractivity contribution in [2.24, 2.45) is 5.92 Å². The SMILES string of the molecule is COC(=O)C(c1ccccc1)[C@H]1C=CN(C(=O)OC)C=C1C(=O)N1[C@@H](Cc2ccccc2)COC1(C)C. The summed E-state index contributed by atoms with van der Waals surface area (Å²) in [6, 6.07) is 18.8. The van der Waals surface area contributed by atoms with E-state index in [-0.39, 0.29) is 17.5 Å². The van der Waals surface area contributed by atoms with Crippen LogP contribution in [0.25, 0.3) is 0 Å². The molecule has 0 spiro atoms. The van der Waals surface area contributed by atoms with Gasteiger partial charge in [-0.1, -0.05) is 66.7 Å². The molecule has 2 amide bonds. The van der Waals surface area contributed by atoms with Gasteiger partial charge in [0.25, 0.3) is 5.91 Å². The monoisotopic (exact) mass is 504 g/mol. The summed E-state index contributed by atoms with van der Waals surface area (Å²) in [6.45, 7) is 4.05. The molecule has 37 heavy (non-hydrogen) atoms. The van der Waals surface area contributed by atoms with Crippen molar-refractivity contribution in [2.75, 3.05) is 20.8 Å². The van der Waals surface area contributed by atoms with E-state index in [0.717, 1.165) is 5.56 Å². The van der Waals surface area contributed by atoms with Crippen LogP contribution >= 0.6 is 0 Å². The van der Waals surface area contributed by atoms with Gasteiger partial charge in [0.15, 0.2) is 0 Å². The quantitative estimate of drug-likeness (QED) is 0.547. The molecule has 8 nitrogen and oxygen atoms in total. The second-order valence-corrected chi connectivity index (χ2v) is 9.52. The van der Waals surface area contributed by atoms with E-state index in [1.165, 1.54) is 31.5 Å². The number of nitrogens with zero attached hydrogens (tertiary/aromatic N) is 2. The van der Waals surface area contributed by atoms with Gasteiger partial charge in [-0.2, -0.15) is 0 Å². The lowest BCUT2D eigenvalue weighted by Gasteiger charge is -2.37. The van der Waals surface area contributed by atoms with Gasteiger partial charge < -0.3 is 19.1 Å². The summed E-state index contributed by atoms with van der Waals surface area (Å²) in [6.07, 6.45) is 4.59. The van der Waals surface area contributed by atoms with Crippen LogP contribution in [0.5, 0.6) is 0 Å². The van der Waals surface area contributed by atoms with E-state index in [9.17, 15) is 14.4 Å². The van der Waals surface area contributed by atoms with Gasteiger partial charge >= 0.3 is 12.1 Å². The van der Waals surface area contributed by atoms with Gasteiger partial charge in [-0.15, -0.1) is 0 Å². The molecule has 0 saturated carbocycles. The minimum absolute atomic E-state index is 0.239. The number of methoxy groups -OCH3 is 2. The van der Waals surface area contributed by atoms with Gasteiger partial charge in [-0.3, -0.25) is 14.5 Å². The summed E-state index contributed by atoms with van der Waals surface area (Å²) in [5.41, 5.74) is 1.15. The normalized spacial score (nSPS) is 21.2. The summed E-state index contributed by atoms with van der Waals surface area (Å²) < 4.78 is 16.1. The minimum atomic E-state index is -0.896. The zero-order valence-corrected chi connectivity index (χ0v) is 21.5. The highest BCUT2D eigenvalue weighted by Gasteiger charge is 2.47. The second-order valence-electron chi connectivity index (χ2n) is 9.52. The molecule has 0 radical (unpaired) electrons. The lowest BCUT2D eigenvalue weighted by molar-refractivity contribution is -0.144. The van der Waals surface area contributed by atoms with Crippen molar-refractivity contribution in [1.29, 1.82) is 0 Å². The average Bonchev–Trinajstić information content (AvgIpc) is 3.22. The van der Waals surface area contributed by atoms with Crippen molar-refractivity contribution in [3.63, 3.8) is 0 Å². The number of carbonyl (C=O) groups is 3. The maximum Gasteiger partial charge on any atom is 0.417 e. The van der Waals surface area contributed by atoms with E-state index < -0.39 is 29.6 Å². The molecule has 1 fully saturated rings. The predicted octanol–water partition coefficient (Wildman–Crippen LogP) is 4.25. The van der Waals surface area contributed by atoms with Gasteiger partial charge in [0.2, 0.25) is 0 Å². The van der Waals surface area contributed by atoms with Crippen LogP contribution in [0.1, 0.15) is 30.9 Å². The van der Waals surface area contributed by atoms with Gasteiger partial charge in [0, 0.05) is 23.9 Å². The Morgan fingerprint density at radius 1 is 1.00 bits per heavy atom. The molecular formula is C29H32N2O6. The Balaban J connectivity index is 1.76. The van der Waals surface area contributed by atoms with Crippen LogP contribution in [0.3, 0.4) is 0 Å². The summed E-state index contributed by atoms with van der Waals surface area (Å²) in [7, 11) is 2.59. The summed E-state index contributed by atoms with van der Waals surface area (Å²) in [5.74, 6) is -2.28. The molecule has 0 aromatic heterocycles. The fourth-order valence-corrected chi connectivity index (χ4v) is 5.02. The lowest BCUT2D eigenvalue weighted by atomic mass is 9.79. The van der Waals surface area contributed by atoms with E-state index in [0.29, 0.717) is 18.6 Å². The van der Waals surface area contributed by atoms with Gasteiger partial charge in [-0.05, 0) is 31.4 Å². The van der Waals surface area contributed by atoms with Crippen LogP contribution in [0.15, 0.2) is 84.7 Å². The smallest absolute Gasteiger partial charge is 0.417 e. The number of hydrogen-bond acceptors (Lipinski definition) is 6. The van der Waals surface area contributed by atoms with Crippen molar-refractivity contribution in [3.8, 4) is 0 Å². The number of allylic oxidation sites excluding steroid dienone is 1. The largest absolute Gasteiger partial charge is 0.469 e. The van der Waals surface area contributed by atoms with E-state index in [4.69, 9.17) is 14.2 Å². The maximum atomic E-state index is 14.3. The van der Waals surface area contributed by atoms with Crippen molar-refractivity contribution < 1.29 is 28.6 Å². The molecule has 0 N–H and O–H groups in total. The zero-order valence-electron chi connectivity index (χ0n) is 21.5. The number of benzene rings is 2. The molecule has 2 aliphatic rings. The fraction of sp³-hybridized carbons (Fsp3) is 0.345. The van der Waals surface area contributed by atoms with Crippen molar-refractivity contribution >= 4 is 18.0 Å². The predicted molar refractivity (Wildman–Crippen MR) is 137 cm³/mol. The highest BCUT2D eigenvalue weighted by atomic mass is 16.5. The summed E-state index contributed by atoms with van der Waals surface area (Å²) in [5, 5.41) is 0. The van der Waals surface area contributed by atoms with E-state index >= 15 is 0 Å². The van der Waals surface area contributed by atoms with Crippen LogP contribution in [0, 0.1) is 5.92 Å². The van der Waals surface area contributed by atoms with Crippen molar-refractivity contribution in [2.45, 2.75) is 38.0 Å². The van der Waals surface area contributed by atoms with Crippen LogP contribution in [0.4, 0.5) is 4.79 Å². The Morgan fingerprint density at radius 3 is 2.27 bits per heavy atom. The number of esters is 1. The Kier molecular flexibility index (Phi) is 7.78. The standard InChI is InChI=1S/C29H32N2O6/c1-29(2)31(22(19-37-29)17-20-11-7-5-8-12-20)26(32)24-18-30(28(34)36-4)16-15-23(24)25(27(33)35-3)21-13-9-6-10-14-21/h5-16,18,22-23,25H,17,19H2,1-4H3/t22-,23-,25?/m0/s1. The molecule has 0 bridgehead atoms. The number of rotatable bonds is 6. The first kappa shape index (κ1) is 26.2. The summed E-state index contributed by atoms with van der Waals surface area (Å²) >= 11 is 0. The van der Waals surface area contributed by atoms with Gasteiger partial charge in [0.1, 0.15) is 5.72 Å². The van der Waals surface area contributed by atoms with E-state index in [2.05, 4.69) is 0 Å². The average molecular weight is 505 g/mol. The first-order valence-corrected chi connectivity index (χ1v) is 12.2. The first-order chi connectivity index (χ1) is 17.8. The van der Waals surface area contributed by atoms with Gasteiger partial charge in [0.05, 0.1) is 32.8 Å². The lowest BCUT2D eigenvalue weighted by Crippen LogP contribution is -2.50. The third-order valence-electron chi connectivity index (χ3n) is 6.80. The van der Waals surface area contributed by atoms with Crippen molar-refractivity contribution in [1.82, 2.24) is 9.80 Å². The highest BCUT2D eigenvalue weighted by Crippen LogP contribution is 2.39. The Morgan fingerprint density at radius 2 is 1.65 bits per heavy atom. The Bertz CT molecular complexity index is 1190. The molecule has 2 heterocycles. The Labute approximate surface area is 217 Å². The highest BCUT2D eigenvalue weighted by molar-refractivity contribution is 5.97. The number of amides is 2. The van der Waals surface area contributed by atoms with Crippen LogP contribution in [-0.4, -0.2) is 60.4 Å². The third-order valence-corrected chi connectivity index (χ3v) is 6.80. The van der Waals surface area contributed by atoms with Crippen LogP contribution < -0.4 is 0 Å². The molecule has 1 saturated heterocycles. The first-order valence-electron chi connectivity index (χ1n) is 12.2. The van der Waals surface area contributed by atoms with E-state index in [1.807, 2.05) is 74.5 Å². The number of carbonyl (C=O) groups excluding carboxylic acids is 3. The zero-order chi connectivity index (χ0) is 26.6. The molecule has 2 aliphatic heterocycles. The molecule has 2 aromatic carbocycles. The van der Waals surface area contributed by atoms with Gasteiger partial charge in [-0.25, -0.2) is 4.79 Å². The number of ether oxygens (including phenoxy) is 3. The van der Waals surface area contributed by atoms with Crippen LogP contribution in [0.2, 0.25) is 0 Å². The fourth-order valence-electron chi connectivity index (χ4n) is 5.02. The van der Waals surface area contributed by atoms with Crippen LogP contribution in [-0.2, 0) is 30.2 Å². The number of hydrogen-bond donors (Lipinski definition) is 0. The molecule has 4 rings (SSSR count). The molecular weight excluding hydrogens is 472 g/mol. The molecule has 0 aliphatic carbocycles. The van der Waals surface area contributed by atoms with Crippen molar-refractivity contribution in [3.05, 3.63) is 95.8 Å². The summed E-state index contributed by atoms with van der Waals surface area (Å²) in [4.78, 5) is 42.7. The van der Waals surface area contributed by atoms with E-state index in [1.54, 1.807) is 11.0 Å². The molecule has 3 atom stereocenters. The second kappa shape index (κ2) is 11.0. The third kappa shape index (κ3) is 5.44.